The van der Waals surface area contributed by atoms with Crippen molar-refractivity contribution in [3.63, 3.8) is 0 Å². The summed E-state index contributed by atoms with van der Waals surface area (Å²) in [6.07, 6.45) is 1.48. The van der Waals surface area contributed by atoms with Gasteiger partial charge in [0.2, 0.25) is 5.88 Å². The summed E-state index contributed by atoms with van der Waals surface area (Å²) in [6, 6.07) is 14.5. The Bertz CT molecular complexity index is 1420. The lowest BCUT2D eigenvalue weighted by Crippen LogP contribution is -1.98. The molecular weight excluding hydrogens is 408 g/mol. The van der Waals surface area contributed by atoms with Gasteiger partial charge in [0.15, 0.2) is 0 Å². The fourth-order valence-electron chi connectivity index (χ4n) is 3.25. The molecule has 0 aliphatic heterocycles. The zero-order chi connectivity index (χ0) is 20.0. The number of nitrogens with zero attached hydrogens (tertiary/aromatic N) is 2. The van der Waals surface area contributed by atoms with E-state index in [1.54, 1.807) is 6.07 Å². The summed E-state index contributed by atoms with van der Waals surface area (Å²) in [7, 11) is 0. The number of hydrogen-bond donors (Lipinski definition) is 0. The molecule has 3 heterocycles. The number of thiophene rings is 1. The molecule has 0 spiro atoms. The molecule has 0 atom stereocenters. The van der Waals surface area contributed by atoms with E-state index in [9.17, 15) is 4.79 Å². The molecule has 5 aromatic rings. The highest BCUT2D eigenvalue weighted by atomic mass is 35.5. The Balaban J connectivity index is 1.62. The Morgan fingerprint density at radius 1 is 1.07 bits per heavy atom. The van der Waals surface area contributed by atoms with Crippen LogP contribution >= 0.6 is 22.9 Å². The van der Waals surface area contributed by atoms with E-state index in [0.29, 0.717) is 22.2 Å². The highest BCUT2D eigenvalue weighted by Gasteiger charge is 2.15. The van der Waals surface area contributed by atoms with Crippen molar-refractivity contribution in [3.8, 4) is 22.8 Å². The molecule has 0 N–H and O–H groups in total. The fourth-order valence-corrected chi connectivity index (χ4v) is 4.28. The van der Waals surface area contributed by atoms with E-state index in [4.69, 9.17) is 20.8 Å². The van der Waals surface area contributed by atoms with Crippen LogP contribution in [0.1, 0.15) is 5.56 Å². The number of halogens is 1. The summed E-state index contributed by atoms with van der Waals surface area (Å²) in [5, 5.41) is 4.39. The Hall–Kier alpha value is -3.22. The van der Waals surface area contributed by atoms with Crippen molar-refractivity contribution in [2.75, 3.05) is 0 Å². The van der Waals surface area contributed by atoms with Gasteiger partial charge >= 0.3 is 5.63 Å². The molecule has 0 radical (unpaired) electrons. The topological polar surface area (TPSA) is 65.2 Å². The summed E-state index contributed by atoms with van der Waals surface area (Å²) < 4.78 is 11.4. The van der Waals surface area contributed by atoms with Crippen LogP contribution in [-0.4, -0.2) is 9.97 Å². The van der Waals surface area contributed by atoms with E-state index in [1.165, 1.54) is 23.7 Å². The summed E-state index contributed by atoms with van der Waals surface area (Å²) in [5.41, 5.74) is 2.91. The minimum Gasteiger partial charge on any atom is -0.438 e. The van der Waals surface area contributed by atoms with Gasteiger partial charge in [0.1, 0.15) is 22.5 Å². The maximum atomic E-state index is 11.7. The second-order valence-corrected chi connectivity index (χ2v) is 7.82. The first-order chi connectivity index (χ1) is 14.1. The average molecular weight is 421 g/mol. The van der Waals surface area contributed by atoms with Crippen LogP contribution in [-0.2, 0) is 0 Å². The number of hydrogen-bond acceptors (Lipinski definition) is 6. The van der Waals surface area contributed by atoms with E-state index in [2.05, 4.69) is 9.97 Å². The van der Waals surface area contributed by atoms with Crippen LogP contribution in [0.2, 0.25) is 5.02 Å². The van der Waals surface area contributed by atoms with Gasteiger partial charge in [-0.05, 0) is 42.3 Å². The van der Waals surface area contributed by atoms with Gasteiger partial charge in [-0.2, -0.15) is 0 Å². The van der Waals surface area contributed by atoms with Crippen molar-refractivity contribution < 1.29 is 9.15 Å². The van der Waals surface area contributed by atoms with Gasteiger partial charge < -0.3 is 9.15 Å². The third-order valence-electron chi connectivity index (χ3n) is 4.63. The van der Waals surface area contributed by atoms with Gasteiger partial charge in [0.05, 0.1) is 5.39 Å². The van der Waals surface area contributed by atoms with Crippen LogP contribution in [0.25, 0.3) is 32.3 Å². The molecule has 0 aliphatic rings. The van der Waals surface area contributed by atoms with Crippen LogP contribution < -0.4 is 10.4 Å². The van der Waals surface area contributed by atoms with Gasteiger partial charge in [0.25, 0.3) is 0 Å². The van der Waals surface area contributed by atoms with Crippen molar-refractivity contribution in [1.82, 2.24) is 9.97 Å². The van der Waals surface area contributed by atoms with Crippen molar-refractivity contribution in [2.24, 2.45) is 0 Å². The molecule has 0 saturated heterocycles. The molecule has 142 valence electrons. The van der Waals surface area contributed by atoms with Crippen LogP contribution in [0.15, 0.2) is 69.5 Å². The monoisotopic (exact) mass is 420 g/mol. The lowest BCUT2D eigenvalue weighted by Gasteiger charge is -2.09. The molecule has 0 amide bonds. The molecular formula is C22H13ClN2O3S. The number of fused-ring (bicyclic) bond motifs is 2. The predicted octanol–water partition coefficient (Wildman–Crippen LogP) is 6.22. The molecule has 0 saturated carbocycles. The molecule has 0 fully saturated rings. The Labute approximate surface area is 174 Å². The summed E-state index contributed by atoms with van der Waals surface area (Å²) >= 11 is 7.54. The van der Waals surface area contributed by atoms with Crippen LogP contribution in [0.4, 0.5) is 0 Å². The molecule has 7 heteroatoms. The molecule has 5 rings (SSSR count). The van der Waals surface area contributed by atoms with Crippen LogP contribution in [0.5, 0.6) is 11.6 Å². The number of aryl methyl sites for hydroxylation is 1. The molecule has 5 nitrogen and oxygen atoms in total. The average Bonchev–Trinajstić information content (AvgIpc) is 3.13. The summed E-state index contributed by atoms with van der Waals surface area (Å²) in [4.78, 5) is 21.2. The third-order valence-corrected chi connectivity index (χ3v) is 5.77. The van der Waals surface area contributed by atoms with Crippen molar-refractivity contribution in [2.45, 2.75) is 6.92 Å². The van der Waals surface area contributed by atoms with E-state index in [0.717, 1.165) is 32.3 Å². The fraction of sp³-hybridized carbons (Fsp3) is 0.0455. The Morgan fingerprint density at radius 2 is 1.90 bits per heavy atom. The van der Waals surface area contributed by atoms with Gasteiger partial charge in [-0.1, -0.05) is 23.7 Å². The van der Waals surface area contributed by atoms with E-state index < -0.39 is 0 Å². The van der Waals surface area contributed by atoms with Crippen molar-refractivity contribution in [1.29, 1.82) is 0 Å². The molecule has 2 aromatic carbocycles. The van der Waals surface area contributed by atoms with Gasteiger partial charge in [0, 0.05) is 33.5 Å². The van der Waals surface area contributed by atoms with E-state index in [1.807, 2.05) is 48.7 Å². The Morgan fingerprint density at radius 3 is 2.72 bits per heavy atom. The first-order valence-electron chi connectivity index (χ1n) is 8.79. The maximum absolute atomic E-state index is 11.7. The molecule has 0 unspecified atom stereocenters. The number of benzene rings is 2. The quantitative estimate of drug-likeness (QED) is 0.324. The highest BCUT2D eigenvalue weighted by Crippen LogP contribution is 2.39. The lowest BCUT2D eigenvalue weighted by molar-refractivity contribution is 0.466. The molecule has 3 aromatic heterocycles. The smallest absolute Gasteiger partial charge is 0.336 e. The largest absolute Gasteiger partial charge is 0.438 e. The van der Waals surface area contributed by atoms with Gasteiger partial charge in [-0.15, -0.1) is 11.3 Å². The van der Waals surface area contributed by atoms with Crippen LogP contribution in [0.3, 0.4) is 0 Å². The zero-order valence-electron chi connectivity index (χ0n) is 15.2. The predicted molar refractivity (Wildman–Crippen MR) is 115 cm³/mol. The standard InChI is InChI=1S/C22H13ClN2O3S/c1-12-8-19(26)28-18-9-15(6-7-16(12)18)27-21-20-17(10-29-22(20)25-11-24-21)13-2-4-14(23)5-3-13/h2-11H,1H3. The number of ether oxygens (including phenoxy) is 1. The van der Waals surface area contributed by atoms with Gasteiger partial charge in [-0.25, -0.2) is 14.8 Å². The highest BCUT2D eigenvalue weighted by molar-refractivity contribution is 7.17. The zero-order valence-corrected chi connectivity index (χ0v) is 16.8. The number of rotatable bonds is 3. The molecule has 0 bridgehead atoms. The summed E-state index contributed by atoms with van der Waals surface area (Å²) in [5.74, 6) is 0.968. The number of aromatic nitrogens is 2. The van der Waals surface area contributed by atoms with Gasteiger partial charge in [-0.3, -0.25) is 0 Å². The third kappa shape index (κ3) is 3.26. The molecule has 0 aliphatic carbocycles. The summed E-state index contributed by atoms with van der Waals surface area (Å²) in [6.45, 7) is 1.87. The van der Waals surface area contributed by atoms with Crippen LogP contribution in [0, 0.1) is 6.92 Å². The lowest BCUT2D eigenvalue weighted by atomic mass is 10.1. The first-order valence-corrected chi connectivity index (χ1v) is 10.0. The normalized spacial score (nSPS) is 11.2. The minimum atomic E-state index is -0.389. The first kappa shape index (κ1) is 17.8. The second kappa shape index (κ2) is 6.99. The van der Waals surface area contributed by atoms with E-state index >= 15 is 0 Å². The van der Waals surface area contributed by atoms with Crippen molar-refractivity contribution >= 4 is 44.1 Å². The Kier molecular flexibility index (Phi) is 4.30. The van der Waals surface area contributed by atoms with Crippen molar-refractivity contribution in [3.05, 3.63) is 81.2 Å². The van der Waals surface area contributed by atoms with E-state index in [-0.39, 0.29) is 5.63 Å². The minimum absolute atomic E-state index is 0.389. The SMILES string of the molecule is Cc1cc(=O)oc2cc(Oc3ncnc4scc(-c5ccc(Cl)cc5)c34)ccc12. The maximum Gasteiger partial charge on any atom is 0.336 e. The second-order valence-electron chi connectivity index (χ2n) is 6.52. The molecule has 29 heavy (non-hydrogen) atoms.